The first-order valence-electron chi connectivity index (χ1n) is 13.1. The van der Waals surface area contributed by atoms with Crippen molar-refractivity contribution in [2.75, 3.05) is 0 Å². The molecule has 6 rings (SSSR count). The maximum absolute atomic E-state index is 14.1. The summed E-state index contributed by atoms with van der Waals surface area (Å²) in [5.74, 6) is -1.26. The molecule has 1 N–H and O–H groups in total. The van der Waals surface area contributed by atoms with Gasteiger partial charge in [0.2, 0.25) is 5.88 Å². The number of hydrogen-bond donors (Lipinski definition) is 1. The topological polar surface area (TPSA) is 95.7 Å². The van der Waals surface area contributed by atoms with Gasteiger partial charge in [-0.05, 0) is 74.2 Å². The molecule has 8 nitrogen and oxygen atoms in total. The van der Waals surface area contributed by atoms with Crippen LogP contribution in [0.2, 0.25) is 0 Å². The Morgan fingerprint density at radius 3 is 2.58 bits per heavy atom. The third kappa shape index (κ3) is 5.83. The molecule has 0 saturated carbocycles. The van der Waals surface area contributed by atoms with Crippen LogP contribution in [0.4, 0.5) is 22.0 Å². The first kappa shape index (κ1) is 28.8. The third-order valence-electron chi connectivity index (χ3n) is 7.02. The zero-order chi connectivity index (χ0) is 30.5. The van der Waals surface area contributed by atoms with Crippen LogP contribution in [-0.4, -0.2) is 32.1 Å². The summed E-state index contributed by atoms with van der Waals surface area (Å²) in [5.41, 5.74) is 0.432. The number of ether oxygens (including phenoxy) is 3. The van der Waals surface area contributed by atoms with E-state index in [0.717, 1.165) is 0 Å². The molecule has 1 aliphatic carbocycles. The molecule has 224 valence electrons. The van der Waals surface area contributed by atoms with Gasteiger partial charge in [0.15, 0.2) is 17.2 Å². The molecule has 14 heteroatoms. The molecule has 43 heavy (non-hydrogen) atoms. The van der Waals surface area contributed by atoms with Crippen molar-refractivity contribution in [1.82, 2.24) is 14.8 Å². The Hall–Kier alpha value is -4.33. The van der Waals surface area contributed by atoms with Gasteiger partial charge >= 0.3 is 18.4 Å². The quantitative estimate of drug-likeness (QED) is 0.211. The number of carbonyl (C=O) groups is 1. The molecule has 0 bridgehead atoms. The minimum atomic E-state index is -4.68. The van der Waals surface area contributed by atoms with Gasteiger partial charge in [-0.3, -0.25) is 0 Å². The third-order valence-corrected chi connectivity index (χ3v) is 8.31. The van der Waals surface area contributed by atoms with Crippen LogP contribution in [0.3, 0.4) is 0 Å². The maximum atomic E-state index is 14.1. The van der Waals surface area contributed by atoms with Crippen LogP contribution >= 0.6 is 11.8 Å². The summed E-state index contributed by atoms with van der Waals surface area (Å²) in [4.78, 5) is 16.1. The van der Waals surface area contributed by atoms with Gasteiger partial charge in [0, 0.05) is 22.7 Å². The molecule has 0 spiro atoms. The van der Waals surface area contributed by atoms with Gasteiger partial charge in [-0.25, -0.2) is 14.5 Å². The molecule has 3 heterocycles. The molecule has 1 aliphatic heterocycles. The van der Waals surface area contributed by atoms with E-state index in [9.17, 15) is 31.9 Å². The van der Waals surface area contributed by atoms with E-state index in [1.54, 1.807) is 19.1 Å². The molecular formula is C29H22F5N3O5S. The Balaban J connectivity index is 1.31. The zero-order valence-corrected chi connectivity index (χ0v) is 23.1. The number of rotatable bonds is 7. The van der Waals surface area contributed by atoms with E-state index in [0.29, 0.717) is 34.7 Å². The summed E-state index contributed by atoms with van der Waals surface area (Å²) < 4.78 is 85.3. The number of nitrogens with zero attached hydrogens (tertiary/aromatic N) is 3. The van der Waals surface area contributed by atoms with Crippen molar-refractivity contribution >= 4 is 17.7 Å². The summed E-state index contributed by atoms with van der Waals surface area (Å²) in [6, 6.07) is 13.4. The second-order valence-corrected chi connectivity index (χ2v) is 11.2. The van der Waals surface area contributed by atoms with Gasteiger partial charge in [0.1, 0.15) is 6.10 Å². The summed E-state index contributed by atoms with van der Waals surface area (Å²) in [5, 5.41) is 12.8. The Kier molecular flexibility index (Phi) is 7.19. The van der Waals surface area contributed by atoms with E-state index in [2.05, 4.69) is 19.6 Å². The first-order valence-corrected chi connectivity index (χ1v) is 14.0. The lowest BCUT2D eigenvalue weighted by atomic mass is 9.95. The summed E-state index contributed by atoms with van der Waals surface area (Å²) in [6.45, 7) is 1.66. The number of hydrogen-bond acceptors (Lipinski definition) is 7. The predicted octanol–water partition coefficient (Wildman–Crippen LogP) is 7.62. The number of fused-ring (bicyclic) bond motifs is 2. The molecule has 0 unspecified atom stereocenters. The van der Waals surface area contributed by atoms with Crippen molar-refractivity contribution < 1.29 is 46.1 Å². The molecule has 2 atom stereocenters. The van der Waals surface area contributed by atoms with Crippen molar-refractivity contribution in [2.24, 2.45) is 0 Å². The summed E-state index contributed by atoms with van der Waals surface area (Å²) >= 11 is 1.34. The number of halogens is 5. The number of aromatic nitrogens is 3. The highest BCUT2D eigenvalue weighted by atomic mass is 32.2. The SMILES string of the molecule is C[C@H](Oc1cc(-n2nc(C(F)(F)F)c3c2[C@@H](Sc2ccc(C(=O)O)cc2)CCC3)ccn1)c1ccc2c(c1)OC(F)(F)O2. The Morgan fingerprint density at radius 1 is 1.12 bits per heavy atom. The molecular weight excluding hydrogens is 597 g/mol. The molecule has 2 aromatic carbocycles. The molecule has 0 amide bonds. The Morgan fingerprint density at radius 2 is 1.86 bits per heavy atom. The van der Waals surface area contributed by atoms with Gasteiger partial charge in [-0.2, -0.15) is 18.3 Å². The normalized spacial score (nSPS) is 17.8. The number of thioether (sulfide) groups is 1. The predicted molar refractivity (Wildman–Crippen MR) is 143 cm³/mol. The van der Waals surface area contributed by atoms with Crippen LogP contribution in [-0.2, 0) is 12.6 Å². The van der Waals surface area contributed by atoms with Crippen LogP contribution in [0.1, 0.15) is 64.0 Å². The molecule has 0 saturated heterocycles. The molecule has 2 aliphatic rings. The van der Waals surface area contributed by atoms with Gasteiger partial charge in [0.25, 0.3) is 0 Å². The van der Waals surface area contributed by atoms with E-state index in [1.165, 1.54) is 65.1 Å². The van der Waals surface area contributed by atoms with Gasteiger partial charge in [-0.1, -0.05) is 6.07 Å². The molecule has 0 fully saturated rings. The number of carboxylic acids is 1. The average Bonchev–Trinajstić information content (AvgIpc) is 3.50. The first-order chi connectivity index (χ1) is 20.4. The highest BCUT2D eigenvalue weighted by Gasteiger charge is 2.44. The number of benzene rings is 2. The highest BCUT2D eigenvalue weighted by molar-refractivity contribution is 7.99. The van der Waals surface area contributed by atoms with E-state index in [-0.39, 0.29) is 34.9 Å². The van der Waals surface area contributed by atoms with Crippen molar-refractivity contribution in [3.8, 4) is 23.1 Å². The fourth-order valence-corrected chi connectivity index (χ4v) is 6.34. The van der Waals surface area contributed by atoms with Gasteiger partial charge in [-0.15, -0.1) is 20.5 Å². The van der Waals surface area contributed by atoms with Crippen LogP contribution < -0.4 is 14.2 Å². The fourth-order valence-electron chi connectivity index (χ4n) is 5.08. The second-order valence-electron chi connectivity index (χ2n) is 9.94. The van der Waals surface area contributed by atoms with Crippen molar-refractivity contribution in [3.63, 3.8) is 0 Å². The van der Waals surface area contributed by atoms with Crippen molar-refractivity contribution in [2.45, 2.75) is 54.9 Å². The van der Waals surface area contributed by atoms with Crippen LogP contribution in [0.15, 0.2) is 65.7 Å². The minimum absolute atomic E-state index is 0.0788. The van der Waals surface area contributed by atoms with E-state index >= 15 is 0 Å². The summed E-state index contributed by atoms with van der Waals surface area (Å²) in [6.07, 6.45) is -6.45. The fraction of sp³-hybridized carbons (Fsp3) is 0.276. The zero-order valence-electron chi connectivity index (χ0n) is 22.3. The second kappa shape index (κ2) is 10.7. The van der Waals surface area contributed by atoms with Crippen LogP contribution in [0.5, 0.6) is 17.4 Å². The van der Waals surface area contributed by atoms with Gasteiger partial charge < -0.3 is 19.3 Å². The Bertz CT molecular complexity index is 1690. The molecule has 4 aromatic rings. The van der Waals surface area contributed by atoms with Crippen molar-refractivity contribution in [3.05, 3.63) is 88.9 Å². The minimum Gasteiger partial charge on any atom is -0.478 e. The van der Waals surface area contributed by atoms with Crippen molar-refractivity contribution in [1.29, 1.82) is 0 Å². The lowest BCUT2D eigenvalue weighted by Crippen LogP contribution is -2.25. The number of carboxylic acid groups (broad SMARTS) is 1. The van der Waals surface area contributed by atoms with E-state index < -0.39 is 35.5 Å². The average molecular weight is 620 g/mol. The Labute approximate surface area is 245 Å². The smallest absolute Gasteiger partial charge is 0.478 e. The standard InChI is InChI=1S/C29H22F5N3O5S/c1-15(17-7-10-21-22(13-17)42-29(33,34)41-21)40-24-14-18(11-12-35-24)37-25-20(26(36-37)28(30,31)32)3-2-4-23(25)43-19-8-5-16(6-9-19)27(38)39/h5-15,23H,2-4H2,1H3,(H,38,39)/t15-,23-/m0/s1. The van der Waals surface area contributed by atoms with E-state index in [4.69, 9.17) is 4.74 Å². The van der Waals surface area contributed by atoms with E-state index in [1.807, 2.05) is 0 Å². The number of pyridine rings is 1. The lowest BCUT2D eigenvalue weighted by molar-refractivity contribution is -0.286. The number of aromatic carboxylic acids is 1. The largest absolute Gasteiger partial charge is 0.586 e. The monoisotopic (exact) mass is 619 g/mol. The summed E-state index contributed by atoms with van der Waals surface area (Å²) in [7, 11) is 0. The lowest BCUT2D eigenvalue weighted by Gasteiger charge is -2.24. The maximum Gasteiger partial charge on any atom is 0.586 e. The highest BCUT2D eigenvalue weighted by Crippen LogP contribution is 2.48. The number of alkyl halides is 5. The molecule has 2 aromatic heterocycles. The van der Waals surface area contributed by atoms with Crippen LogP contribution in [0, 0.1) is 0 Å². The molecule has 0 radical (unpaired) electrons. The van der Waals surface area contributed by atoms with Crippen LogP contribution in [0.25, 0.3) is 5.69 Å². The van der Waals surface area contributed by atoms with Gasteiger partial charge in [0.05, 0.1) is 22.2 Å².